The van der Waals surface area contributed by atoms with Crippen molar-refractivity contribution in [1.29, 1.82) is 0 Å². The minimum atomic E-state index is 0.738. The summed E-state index contributed by atoms with van der Waals surface area (Å²) in [4.78, 5) is 0. The summed E-state index contributed by atoms with van der Waals surface area (Å²) < 4.78 is 12.1. The van der Waals surface area contributed by atoms with Crippen LogP contribution in [-0.4, -0.2) is 0 Å². The Balaban J connectivity index is 1.72. The fraction of sp³-hybridized carbons (Fsp3) is 0. The molecule has 0 aliphatic carbocycles. The molecular formula is C24H18O2. The van der Waals surface area contributed by atoms with Crippen LogP contribution in [0.25, 0.3) is 11.1 Å². The van der Waals surface area contributed by atoms with Crippen molar-refractivity contribution in [2.75, 3.05) is 0 Å². The minimum Gasteiger partial charge on any atom is -0.457 e. The van der Waals surface area contributed by atoms with Gasteiger partial charge in [0.15, 0.2) is 0 Å². The van der Waals surface area contributed by atoms with E-state index in [4.69, 9.17) is 9.47 Å². The number of benzene rings is 4. The van der Waals surface area contributed by atoms with Gasteiger partial charge in [0.25, 0.3) is 0 Å². The predicted molar refractivity (Wildman–Crippen MR) is 105 cm³/mol. The topological polar surface area (TPSA) is 18.5 Å². The molecule has 4 aromatic carbocycles. The predicted octanol–water partition coefficient (Wildman–Crippen LogP) is 6.94. The van der Waals surface area contributed by atoms with Gasteiger partial charge < -0.3 is 9.47 Å². The number of rotatable bonds is 5. The average Bonchev–Trinajstić information content (AvgIpc) is 2.70. The molecule has 0 atom stereocenters. The number of hydrogen-bond acceptors (Lipinski definition) is 2. The number of para-hydroxylation sites is 2. The summed E-state index contributed by atoms with van der Waals surface area (Å²) in [6.07, 6.45) is 0. The zero-order valence-electron chi connectivity index (χ0n) is 14.2. The van der Waals surface area contributed by atoms with Gasteiger partial charge in [-0.1, -0.05) is 66.7 Å². The maximum absolute atomic E-state index is 6.16. The monoisotopic (exact) mass is 338 g/mol. The quantitative estimate of drug-likeness (QED) is 0.392. The molecule has 2 nitrogen and oxygen atoms in total. The maximum atomic E-state index is 6.16. The summed E-state index contributed by atoms with van der Waals surface area (Å²) in [5, 5.41) is 0. The zero-order valence-corrected chi connectivity index (χ0v) is 14.2. The van der Waals surface area contributed by atoms with E-state index in [0.717, 1.165) is 34.1 Å². The summed E-state index contributed by atoms with van der Waals surface area (Å²) in [7, 11) is 0. The molecule has 0 fully saturated rings. The van der Waals surface area contributed by atoms with Gasteiger partial charge in [0.2, 0.25) is 0 Å². The van der Waals surface area contributed by atoms with Crippen molar-refractivity contribution in [3.63, 3.8) is 0 Å². The van der Waals surface area contributed by atoms with Gasteiger partial charge in [-0.25, -0.2) is 0 Å². The van der Waals surface area contributed by atoms with E-state index in [1.54, 1.807) is 0 Å². The Bertz CT molecular complexity index is 965. The van der Waals surface area contributed by atoms with Crippen LogP contribution in [0.4, 0.5) is 0 Å². The van der Waals surface area contributed by atoms with Crippen molar-refractivity contribution in [2.24, 2.45) is 0 Å². The van der Waals surface area contributed by atoms with Crippen LogP contribution in [0.3, 0.4) is 0 Å². The van der Waals surface area contributed by atoms with Crippen molar-refractivity contribution in [3.8, 4) is 34.1 Å². The molecule has 0 radical (unpaired) electrons. The van der Waals surface area contributed by atoms with Crippen LogP contribution in [0.2, 0.25) is 0 Å². The lowest BCUT2D eigenvalue weighted by molar-refractivity contribution is 0.461. The molecule has 0 bridgehead atoms. The summed E-state index contributed by atoms with van der Waals surface area (Å²) >= 11 is 0. The molecule has 126 valence electrons. The fourth-order valence-electron chi connectivity index (χ4n) is 2.75. The van der Waals surface area contributed by atoms with E-state index >= 15 is 0 Å². The Morgan fingerprint density at radius 1 is 0.423 bits per heavy atom. The van der Waals surface area contributed by atoms with Crippen LogP contribution in [0.1, 0.15) is 0 Å². The third-order valence-corrected chi connectivity index (χ3v) is 3.99. The standard InChI is InChI=1S/C24H18O2/c1-4-10-19(11-5-1)23-17-16-22(25-20-12-6-2-7-13-20)18-24(23)26-21-14-8-3-9-15-21/h1-18H. The maximum Gasteiger partial charge on any atom is 0.138 e. The van der Waals surface area contributed by atoms with Crippen LogP contribution in [0.15, 0.2) is 109 Å². The van der Waals surface area contributed by atoms with Gasteiger partial charge in [-0.2, -0.15) is 0 Å². The minimum absolute atomic E-state index is 0.738. The van der Waals surface area contributed by atoms with Crippen molar-refractivity contribution in [2.45, 2.75) is 0 Å². The lowest BCUT2D eigenvalue weighted by atomic mass is 10.0. The van der Waals surface area contributed by atoms with E-state index in [1.165, 1.54) is 0 Å². The molecule has 26 heavy (non-hydrogen) atoms. The smallest absolute Gasteiger partial charge is 0.138 e. The van der Waals surface area contributed by atoms with E-state index in [-0.39, 0.29) is 0 Å². The van der Waals surface area contributed by atoms with Gasteiger partial charge in [0.1, 0.15) is 23.0 Å². The van der Waals surface area contributed by atoms with Crippen molar-refractivity contribution in [1.82, 2.24) is 0 Å². The summed E-state index contributed by atoms with van der Waals surface area (Å²) in [6, 6.07) is 35.7. The molecule has 0 spiro atoms. The highest BCUT2D eigenvalue weighted by atomic mass is 16.5. The van der Waals surface area contributed by atoms with Crippen LogP contribution in [-0.2, 0) is 0 Å². The van der Waals surface area contributed by atoms with E-state index in [2.05, 4.69) is 12.1 Å². The molecule has 0 aliphatic heterocycles. The number of hydrogen-bond donors (Lipinski definition) is 0. The molecule has 0 saturated heterocycles. The van der Waals surface area contributed by atoms with E-state index in [1.807, 2.05) is 97.1 Å². The molecule has 0 unspecified atom stereocenters. The Morgan fingerprint density at radius 3 is 1.58 bits per heavy atom. The van der Waals surface area contributed by atoms with Crippen LogP contribution in [0, 0.1) is 0 Å². The second-order valence-corrected chi connectivity index (χ2v) is 5.85. The second-order valence-electron chi connectivity index (χ2n) is 5.85. The highest BCUT2D eigenvalue weighted by molar-refractivity contribution is 5.72. The molecular weight excluding hydrogens is 320 g/mol. The fourth-order valence-corrected chi connectivity index (χ4v) is 2.75. The van der Waals surface area contributed by atoms with Gasteiger partial charge in [0, 0.05) is 11.6 Å². The molecule has 0 heterocycles. The molecule has 2 heteroatoms. The molecule has 4 rings (SSSR count). The summed E-state index contributed by atoms with van der Waals surface area (Å²) in [5.74, 6) is 3.09. The van der Waals surface area contributed by atoms with E-state index < -0.39 is 0 Å². The highest BCUT2D eigenvalue weighted by Crippen LogP contribution is 2.37. The first-order valence-electron chi connectivity index (χ1n) is 8.54. The lowest BCUT2D eigenvalue weighted by Crippen LogP contribution is -1.91. The first-order chi connectivity index (χ1) is 12.9. The van der Waals surface area contributed by atoms with E-state index in [0.29, 0.717) is 0 Å². The summed E-state index contributed by atoms with van der Waals surface area (Å²) in [6.45, 7) is 0. The van der Waals surface area contributed by atoms with Crippen molar-refractivity contribution >= 4 is 0 Å². The largest absolute Gasteiger partial charge is 0.457 e. The molecule has 0 N–H and O–H groups in total. The SMILES string of the molecule is c1ccc(Oc2ccc(-c3ccccc3)c(Oc3ccccc3)c2)cc1. The Labute approximate surface area is 153 Å². The van der Waals surface area contributed by atoms with Gasteiger partial charge in [-0.05, 0) is 42.0 Å². The Hall–Kier alpha value is -3.52. The van der Waals surface area contributed by atoms with Crippen molar-refractivity contribution < 1.29 is 9.47 Å². The normalized spacial score (nSPS) is 10.3. The lowest BCUT2D eigenvalue weighted by Gasteiger charge is -2.14. The summed E-state index contributed by atoms with van der Waals surface area (Å²) in [5.41, 5.74) is 2.12. The molecule has 0 aliphatic rings. The van der Waals surface area contributed by atoms with Gasteiger partial charge in [-0.15, -0.1) is 0 Å². The van der Waals surface area contributed by atoms with E-state index in [9.17, 15) is 0 Å². The number of ether oxygens (including phenoxy) is 2. The molecule has 4 aromatic rings. The van der Waals surface area contributed by atoms with Crippen LogP contribution < -0.4 is 9.47 Å². The first kappa shape index (κ1) is 16.0. The average molecular weight is 338 g/mol. The first-order valence-corrected chi connectivity index (χ1v) is 8.54. The third kappa shape index (κ3) is 3.76. The Kier molecular flexibility index (Phi) is 4.66. The highest BCUT2D eigenvalue weighted by Gasteiger charge is 2.10. The third-order valence-electron chi connectivity index (χ3n) is 3.99. The van der Waals surface area contributed by atoms with Gasteiger partial charge in [-0.3, -0.25) is 0 Å². The van der Waals surface area contributed by atoms with Gasteiger partial charge >= 0.3 is 0 Å². The molecule has 0 saturated carbocycles. The van der Waals surface area contributed by atoms with Crippen LogP contribution in [0.5, 0.6) is 23.0 Å². The van der Waals surface area contributed by atoms with Crippen LogP contribution >= 0.6 is 0 Å². The molecule has 0 amide bonds. The Morgan fingerprint density at radius 2 is 0.962 bits per heavy atom. The zero-order chi connectivity index (χ0) is 17.6. The van der Waals surface area contributed by atoms with Crippen molar-refractivity contribution in [3.05, 3.63) is 109 Å². The second kappa shape index (κ2) is 7.58. The van der Waals surface area contributed by atoms with Gasteiger partial charge in [0.05, 0.1) is 0 Å². The molecule has 0 aromatic heterocycles.